The molecular formula is C20H22N2O3. The van der Waals surface area contributed by atoms with Gasteiger partial charge < -0.3 is 10.1 Å². The van der Waals surface area contributed by atoms with Gasteiger partial charge in [0.1, 0.15) is 12.3 Å². The zero-order valence-electron chi connectivity index (χ0n) is 14.3. The second-order valence-corrected chi connectivity index (χ2v) is 6.23. The van der Waals surface area contributed by atoms with Crippen molar-refractivity contribution in [2.75, 3.05) is 18.1 Å². The molecule has 0 spiro atoms. The first-order valence-corrected chi connectivity index (χ1v) is 8.49. The molecule has 1 aliphatic rings. The lowest BCUT2D eigenvalue weighted by atomic mass is 10.1. The van der Waals surface area contributed by atoms with Crippen molar-refractivity contribution in [2.24, 2.45) is 0 Å². The highest BCUT2D eigenvalue weighted by Gasteiger charge is 2.27. The first-order valence-electron chi connectivity index (χ1n) is 8.49. The molecule has 25 heavy (non-hydrogen) atoms. The summed E-state index contributed by atoms with van der Waals surface area (Å²) in [6, 6.07) is 17.5. The fraction of sp³-hybridized carbons (Fsp3) is 0.300. The van der Waals surface area contributed by atoms with Gasteiger partial charge >= 0.3 is 0 Å². The molecule has 1 aliphatic heterocycles. The number of rotatable bonds is 6. The Labute approximate surface area is 147 Å². The minimum atomic E-state index is -0.203. The van der Waals surface area contributed by atoms with E-state index in [0.717, 1.165) is 12.8 Å². The van der Waals surface area contributed by atoms with E-state index in [1.54, 1.807) is 12.1 Å². The third-order valence-corrected chi connectivity index (χ3v) is 4.23. The van der Waals surface area contributed by atoms with Gasteiger partial charge in [-0.3, -0.25) is 14.5 Å². The number of carbonyl (C=O) groups excluding carboxylic acids is 2. The molecule has 0 fully saturated rings. The Morgan fingerprint density at radius 2 is 1.88 bits per heavy atom. The van der Waals surface area contributed by atoms with E-state index in [-0.39, 0.29) is 31.0 Å². The number of hydrogen-bond donors (Lipinski definition) is 1. The van der Waals surface area contributed by atoms with Gasteiger partial charge in [0.2, 0.25) is 5.91 Å². The summed E-state index contributed by atoms with van der Waals surface area (Å²) in [4.78, 5) is 25.9. The van der Waals surface area contributed by atoms with Crippen molar-refractivity contribution in [1.82, 2.24) is 5.32 Å². The molecule has 0 radical (unpaired) electrons. The summed E-state index contributed by atoms with van der Waals surface area (Å²) in [6.07, 6.45) is 1.75. The predicted molar refractivity (Wildman–Crippen MR) is 96.7 cm³/mol. The van der Waals surface area contributed by atoms with Crippen molar-refractivity contribution in [1.29, 1.82) is 0 Å². The number of ether oxygens (including phenoxy) is 1. The van der Waals surface area contributed by atoms with E-state index in [1.165, 1.54) is 10.5 Å². The normalized spacial score (nSPS) is 14.4. The summed E-state index contributed by atoms with van der Waals surface area (Å²) in [5, 5.41) is 2.98. The molecule has 2 aromatic rings. The summed E-state index contributed by atoms with van der Waals surface area (Å²) in [7, 11) is 0. The smallest absolute Gasteiger partial charge is 0.265 e. The monoisotopic (exact) mass is 338 g/mol. The lowest BCUT2D eigenvalue weighted by Crippen LogP contribution is -2.46. The molecule has 0 bridgehead atoms. The number of nitrogens with zero attached hydrogens (tertiary/aromatic N) is 1. The average molecular weight is 338 g/mol. The van der Waals surface area contributed by atoms with Crippen LogP contribution < -0.4 is 15.0 Å². The summed E-state index contributed by atoms with van der Waals surface area (Å²) in [6.45, 7) is 1.96. The molecule has 0 aliphatic carbocycles. The highest BCUT2D eigenvalue weighted by atomic mass is 16.5. The number of amides is 2. The summed E-state index contributed by atoms with van der Waals surface area (Å²) in [5.74, 6) is 0.267. The standard InChI is InChI=1S/C20H22N2O3/c1-15(11-12-16-7-3-2-4-8-16)21-19(23)13-22-17-9-5-6-10-18(17)25-14-20(22)24/h2-10,15H,11-14H2,1H3,(H,21,23). The largest absolute Gasteiger partial charge is 0.482 e. The number of hydrogen-bond acceptors (Lipinski definition) is 3. The van der Waals surface area contributed by atoms with Crippen LogP contribution in [0.1, 0.15) is 18.9 Å². The van der Waals surface area contributed by atoms with Crippen LogP contribution in [-0.2, 0) is 16.0 Å². The molecule has 5 heteroatoms. The van der Waals surface area contributed by atoms with Gasteiger partial charge in [-0.05, 0) is 37.5 Å². The lowest BCUT2D eigenvalue weighted by molar-refractivity contribution is -0.125. The van der Waals surface area contributed by atoms with Crippen molar-refractivity contribution < 1.29 is 14.3 Å². The lowest BCUT2D eigenvalue weighted by Gasteiger charge is -2.29. The van der Waals surface area contributed by atoms with E-state index in [4.69, 9.17) is 4.74 Å². The number of fused-ring (bicyclic) bond motifs is 1. The molecule has 0 aromatic heterocycles. The van der Waals surface area contributed by atoms with Crippen molar-refractivity contribution in [3.05, 3.63) is 60.2 Å². The zero-order chi connectivity index (χ0) is 17.6. The number of anilines is 1. The quantitative estimate of drug-likeness (QED) is 0.881. The third-order valence-electron chi connectivity index (χ3n) is 4.23. The number of aryl methyl sites for hydroxylation is 1. The molecule has 0 saturated carbocycles. The predicted octanol–water partition coefficient (Wildman–Crippen LogP) is 2.55. The van der Waals surface area contributed by atoms with Gasteiger partial charge in [-0.25, -0.2) is 0 Å². The van der Waals surface area contributed by atoms with Gasteiger partial charge in [0.15, 0.2) is 6.61 Å². The summed E-state index contributed by atoms with van der Waals surface area (Å²) < 4.78 is 5.39. The van der Waals surface area contributed by atoms with Crippen LogP contribution in [0.4, 0.5) is 5.69 Å². The van der Waals surface area contributed by atoms with E-state index in [9.17, 15) is 9.59 Å². The fourth-order valence-electron chi connectivity index (χ4n) is 2.89. The number of nitrogens with one attached hydrogen (secondary N) is 1. The van der Waals surface area contributed by atoms with Crippen molar-refractivity contribution in [3.63, 3.8) is 0 Å². The SMILES string of the molecule is CC(CCc1ccccc1)NC(=O)CN1C(=O)COc2ccccc21. The number of carbonyl (C=O) groups is 2. The van der Waals surface area contributed by atoms with Gasteiger partial charge in [-0.1, -0.05) is 42.5 Å². The molecule has 2 amide bonds. The molecule has 1 N–H and O–H groups in total. The van der Waals surface area contributed by atoms with Crippen LogP contribution in [0.15, 0.2) is 54.6 Å². The van der Waals surface area contributed by atoms with Crippen LogP contribution in [0.25, 0.3) is 0 Å². The molecule has 1 heterocycles. The topological polar surface area (TPSA) is 58.6 Å². The molecule has 5 nitrogen and oxygen atoms in total. The Morgan fingerprint density at radius 3 is 2.68 bits per heavy atom. The summed E-state index contributed by atoms with van der Waals surface area (Å²) >= 11 is 0. The van der Waals surface area contributed by atoms with Crippen molar-refractivity contribution in [2.45, 2.75) is 25.8 Å². The number of para-hydroxylation sites is 2. The maximum absolute atomic E-state index is 12.3. The molecule has 130 valence electrons. The molecular weight excluding hydrogens is 316 g/mol. The van der Waals surface area contributed by atoms with Crippen LogP contribution in [-0.4, -0.2) is 31.0 Å². The van der Waals surface area contributed by atoms with E-state index < -0.39 is 0 Å². The van der Waals surface area contributed by atoms with Gasteiger partial charge in [0.25, 0.3) is 5.91 Å². The van der Waals surface area contributed by atoms with Crippen LogP contribution >= 0.6 is 0 Å². The van der Waals surface area contributed by atoms with E-state index in [1.807, 2.05) is 37.3 Å². The molecule has 0 saturated heterocycles. The Kier molecular flexibility index (Phi) is 5.33. The second kappa shape index (κ2) is 7.83. The molecule has 3 rings (SSSR count). The highest BCUT2D eigenvalue weighted by molar-refractivity contribution is 6.02. The van der Waals surface area contributed by atoms with Gasteiger partial charge in [0, 0.05) is 6.04 Å². The third kappa shape index (κ3) is 4.38. The van der Waals surface area contributed by atoms with Crippen molar-refractivity contribution >= 4 is 17.5 Å². The second-order valence-electron chi connectivity index (χ2n) is 6.23. The van der Waals surface area contributed by atoms with Crippen LogP contribution in [0.2, 0.25) is 0 Å². The first kappa shape index (κ1) is 17.0. The van der Waals surface area contributed by atoms with Gasteiger partial charge in [-0.15, -0.1) is 0 Å². The minimum Gasteiger partial charge on any atom is -0.482 e. The van der Waals surface area contributed by atoms with Crippen LogP contribution in [0.5, 0.6) is 5.75 Å². The highest BCUT2D eigenvalue weighted by Crippen LogP contribution is 2.31. The maximum atomic E-state index is 12.3. The Hall–Kier alpha value is -2.82. The van der Waals surface area contributed by atoms with E-state index in [2.05, 4.69) is 17.4 Å². The Balaban J connectivity index is 1.54. The van der Waals surface area contributed by atoms with Crippen molar-refractivity contribution in [3.8, 4) is 5.75 Å². The van der Waals surface area contributed by atoms with Crippen LogP contribution in [0, 0.1) is 0 Å². The Bertz CT molecular complexity index is 746. The summed E-state index contributed by atoms with van der Waals surface area (Å²) in [5.41, 5.74) is 1.90. The maximum Gasteiger partial charge on any atom is 0.265 e. The molecule has 2 aromatic carbocycles. The average Bonchev–Trinajstić information content (AvgIpc) is 2.63. The van der Waals surface area contributed by atoms with E-state index in [0.29, 0.717) is 11.4 Å². The molecule has 1 unspecified atom stereocenters. The molecule has 1 atom stereocenters. The fourth-order valence-corrected chi connectivity index (χ4v) is 2.89. The van der Waals surface area contributed by atoms with Gasteiger partial charge in [0.05, 0.1) is 5.69 Å². The van der Waals surface area contributed by atoms with Gasteiger partial charge in [-0.2, -0.15) is 0 Å². The first-order chi connectivity index (χ1) is 12.1. The minimum absolute atomic E-state index is 0.00881. The number of benzene rings is 2. The zero-order valence-corrected chi connectivity index (χ0v) is 14.3. The van der Waals surface area contributed by atoms with E-state index >= 15 is 0 Å². The Morgan fingerprint density at radius 1 is 1.16 bits per heavy atom. The van der Waals surface area contributed by atoms with Crippen LogP contribution in [0.3, 0.4) is 0 Å².